The topological polar surface area (TPSA) is 40.5 Å². The Kier molecular flexibility index (Phi) is 4.89. The summed E-state index contributed by atoms with van der Waals surface area (Å²) in [5.74, 6) is 0.602. The highest BCUT2D eigenvalue weighted by Crippen LogP contribution is 2.26. The molecule has 2 rings (SSSR count). The van der Waals surface area contributed by atoms with E-state index in [1.54, 1.807) is 18.2 Å². The van der Waals surface area contributed by atoms with Gasteiger partial charge in [0.25, 0.3) is 5.91 Å². The van der Waals surface area contributed by atoms with Crippen molar-refractivity contribution >= 4 is 44.4 Å². The Morgan fingerprint density at radius 3 is 3.06 bits per heavy atom. The molecule has 1 aromatic carbocycles. The van der Waals surface area contributed by atoms with Crippen LogP contribution in [0.1, 0.15) is 23.2 Å². The number of halogens is 2. The lowest BCUT2D eigenvalue weighted by atomic mass is 10.1. The monoisotopic (exact) mass is 423 g/mol. The first kappa shape index (κ1) is 14.1. The number of alkyl halides is 1. The van der Waals surface area contributed by atoms with E-state index in [9.17, 15) is 9.90 Å². The molecule has 1 aromatic rings. The number of rotatable bonds is 3. The molecule has 0 bridgehead atoms. The molecule has 0 saturated carbocycles. The number of phenols is 1. The number of amides is 1. The molecule has 0 aromatic heterocycles. The zero-order valence-corrected chi connectivity index (χ0v) is 13.6. The van der Waals surface area contributed by atoms with E-state index in [0.717, 1.165) is 34.8 Å². The van der Waals surface area contributed by atoms with Crippen LogP contribution >= 0.6 is 38.5 Å². The predicted octanol–water partition coefficient (Wildman–Crippen LogP) is 3.24. The van der Waals surface area contributed by atoms with Gasteiger partial charge in [-0.15, -0.1) is 0 Å². The predicted molar refractivity (Wildman–Crippen MR) is 83.2 cm³/mol. The highest BCUT2D eigenvalue weighted by Gasteiger charge is 2.27. The van der Waals surface area contributed by atoms with Crippen molar-refractivity contribution in [1.29, 1.82) is 0 Å². The molecule has 3 nitrogen and oxygen atoms in total. The third-order valence-corrected chi connectivity index (χ3v) is 4.41. The maximum absolute atomic E-state index is 12.3. The first-order valence-corrected chi connectivity index (χ1v) is 8.15. The Labute approximate surface area is 129 Å². The van der Waals surface area contributed by atoms with Crippen molar-refractivity contribution in [3.63, 3.8) is 0 Å². The van der Waals surface area contributed by atoms with Crippen LogP contribution in [0.3, 0.4) is 0 Å². The fourth-order valence-corrected chi connectivity index (χ4v) is 3.40. The lowest BCUT2D eigenvalue weighted by molar-refractivity contribution is 0.0784. The van der Waals surface area contributed by atoms with Gasteiger partial charge in [0.1, 0.15) is 5.75 Å². The average Bonchev–Trinajstić information content (AvgIpc) is 2.80. The molecule has 1 unspecified atom stereocenters. The van der Waals surface area contributed by atoms with E-state index in [4.69, 9.17) is 0 Å². The summed E-state index contributed by atoms with van der Waals surface area (Å²) >= 11 is 5.59. The van der Waals surface area contributed by atoms with Crippen molar-refractivity contribution in [1.82, 2.24) is 4.90 Å². The van der Waals surface area contributed by atoms with Crippen LogP contribution in [0.25, 0.3) is 0 Å². The Balaban J connectivity index is 2.10. The number of phenolic OH excluding ortho intramolecular Hbond substituents is 1. The lowest BCUT2D eigenvalue weighted by Gasteiger charge is -2.17. The van der Waals surface area contributed by atoms with Crippen molar-refractivity contribution in [2.45, 2.75) is 12.8 Å². The second kappa shape index (κ2) is 6.23. The normalized spacial score (nSPS) is 19.2. The number of aromatic hydroxyl groups is 1. The molecule has 1 aliphatic rings. The summed E-state index contributed by atoms with van der Waals surface area (Å²) in [6, 6.07) is 5.13. The van der Waals surface area contributed by atoms with Crippen molar-refractivity contribution in [2.24, 2.45) is 5.92 Å². The summed E-state index contributed by atoms with van der Waals surface area (Å²) < 4.78 is 0.963. The molecular formula is C13H15BrINO2. The molecule has 0 spiro atoms. The van der Waals surface area contributed by atoms with Crippen molar-refractivity contribution < 1.29 is 9.90 Å². The minimum atomic E-state index is -0.0527. The van der Waals surface area contributed by atoms with E-state index in [0.29, 0.717) is 11.5 Å². The summed E-state index contributed by atoms with van der Waals surface area (Å²) in [5, 5.41) is 10.8. The van der Waals surface area contributed by atoms with Crippen LogP contribution < -0.4 is 0 Å². The summed E-state index contributed by atoms with van der Waals surface area (Å²) in [4.78, 5) is 14.2. The van der Waals surface area contributed by atoms with Crippen LogP contribution in [0, 0.1) is 9.49 Å². The number of carbonyl (C=O) groups is 1. The van der Waals surface area contributed by atoms with Crippen LogP contribution in [-0.2, 0) is 0 Å². The summed E-state index contributed by atoms with van der Waals surface area (Å²) in [7, 11) is 0. The molecule has 1 fully saturated rings. The molecule has 0 aliphatic carbocycles. The summed E-state index contributed by atoms with van der Waals surface area (Å²) in [5.41, 5.74) is 0.418. The van der Waals surface area contributed by atoms with Crippen LogP contribution in [-0.4, -0.2) is 34.3 Å². The van der Waals surface area contributed by atoms with E-state index in [-0.39, 0.29) is 11.7 Å². The van der Waals surface area contributed by atoms with Crippen molar-refractivity contribution in [3.8, 4) is 5.75 Å². The molecule has 5 heteroatoms. The number of hydrogen-bond acceptors (Lipinski definition) is 2. The van der Waals surface area contributed by atoms with Crippen LogP contribution in [0.5, 0.6) is 5.75 Å². The lowest BCUT2D eigenvalue weighted by Crippen LogP contribution is -2.28. The minimum Gasteiger partial charge on any atom is -0.507 e. The third-order valence-electron chi connectivity index (χ3n) is 3.28. The van der Waals surface area contributed by atoms with E-state index in [1.807, 2.05) is 4.90 Å². The Hall–Kier alpha value is -0.300. The molecule has 18 heavy (non-hydrogen) atoms. The van der Waals surface area contributed by atoms with Gasteiger partial charge in [0.2, 0.25) is 0 Å². The van der Waals surface area contributed by atoms with E-state index in [1.165, 1.54) is 0 Å². The molecule has 1 saturated heterocycles. The van der Waals surface area contributed by atoms with Gasteiger partial charge in [-0.25, -0.2) is 0 Å². The SMILES string of the molecule is O=C(c1cc(I)ccc1O)N1CCC(CCBr)C1. The molecule has 1 N–H and O–H groups in total. The standard InChI is InChI=1S/C13H15BrINO2/c14-5-3-9-4-6-16(8-9)13(18)11-7-10(15)1-2-12(11)17/h1-2,7,9,17H,3-6,8H2. The first-order valence-electron chi connectivity index (χ1n) is 5.95. The largest absolute Gasteiger partial charge is 0.507 e. The smallest absolute Gasteiger partial charge is 0.257 e. The third kappa shape index (κ3) is 3.17. The zero-order chi connectivity index (χ0) is 13.1. The maximum atomic E-state index is 12.3. The molecule has 1 amide bonds. The molecular weight excluding hydrogens is 409 g/mol. The van der Waals surface area contributed by atoms with Crippen molar-refractivity contribution in [3.05, 3.63) is 27.3 Å². The summed E-state index contributed by atoms with van der Waals surface area (Å²) in [6.07, 6.45) is 2.16. The highest BCUT2D eigenvalue weighted by molar-refractivity contribution is 14.1. The minimum absolute atomic E-state index is 0.0527. The Bertz CT molecular complexity index is 453. The van der Waals surface area contributed by atoms with E-state index >= 15 is 0 Å². The van der Waals surface area contributed by atoms with Gasteiger partial charge in [-0.05, 0) is 59.5 Å². The number of benzene rings is 1. The van der Waals surface area contributed by atoms with Crippen LogP contribution in [0.15, 0.2) is 18.2 Å². The molecule has 1 heterocycles. The number of carbonyl (C=O) groups excluding carboxylic acids is 1. The average molecular weight is 424 g/mol. The van der Waals surface area contributed by atoms with Gasteiger partial charge >= 0.3 is 0 Å². The van der Waals surface area contributed by atoms with Crippen LogP contribution in [0.4, 0.5) is 0 Å². The zero-order valence-electron chi connectivity index (χ0n) is 9.90. The quantitative estimate of drug-likeness (QED) is 0.598. The van der Waals surface area contributed by atoms with Gasteiger partial charge in [-0.3, -0.25) is 4.79 Å². The Morgan fingerprint density at radius 1 is 1.56 bits per heavy atom. The van der Waals surface area contributed by atoms with E-state index in [2.05, 4.69) is 38.5 Å². The molecule has 1 aliphatic heterocycles. The molecule has 1 atom stereocenters. The molecule has 0 radical (unpaired) electrons. The van der Waals surface area contributed by atoms with Gasteiger partial charge in [-0.2, -0.15) is 0 Å². The fourth-order valence-electron chi connectivity index (χ4n) is 2.26. The first-order chi connectivity index (χ1) is 8.61. The molecule has 98 valence electrons. The van der Waals surface area contributed by atoms with Gasteiger partial charge < -0.3 is 10.0 Å². The second-order valence-electron chi connectivity index (χ2n) is 4.54. The van der Waals surface area contributed by atoms with Gasteiger partial charge in [-0.1, -0.05) is 15.9 Å². The number of hydrogen-bond donors (Lipinski definition) is 1. The van der Waals surface area contributed by atoms with Crippen molar-refractivity contribution in [2.75, 3.05) is 18.4 Å². The van der Waals surface area contributed by atoms with E-state index < -0.39 is 0 Å². The highest BCUT2D eigenvalue weighted by atomic mass is 127. The van der Waals surface area contributed by atoms with Gasteiger partial charge in [0, 0.05) is 22.0 Å². The maximum Gasteiger partial charge on any atom is 0.257 e. The van der Waals surface area contributed by atoms with Gasteiger partial charge in [0.05, 0.1) is 5.56 Å². The second-order valence-corrected chi connectivity index (χ2v) is 6.58. The fraction of sp³-hybridized carbons (Fsp3) is 0.462. The Morgan fingerprint density at radius 2 is 2.33 bits per heavy atom. The van der Waals surface area contributed by atoms with Crippen LogP contribution in [0.2, 0.25) is 0 Å². The van der Waals surface area contributed by atoms with Gasteiger partial charge in [0.15, 0.2) is 0 Å². The number of likely N-dealkylation sites (tertiary alicyclic amines) is 1. The number of nitrogens with zero attached hydrogens (tertiary/aromatic N) is 1. The summed E-state index contributed by atoms with van der Waals surface area (Å²) in [6.45, 7) is 1.59.